The number of aromatic nitrogens is 1. The molecular formula is C13H13FN4OS. The van der Waals surface area contributed by atoms with Gasteiger partial charge < -0.3 is 5.73 Å². The summed E-state index contributed by atoms with van der Waals surface area (Å²) in [5.74, 6) is 0.0159. The van der Waals surface area contributed by atoms with Crippen LogP contribution in [0.1, 0.15) is 0 Å². The predicted octanol–water partition coefficient (Wildman–Crippen LogP) is 2.04. The number of nitrogens with zero attached hydrogens (tertiary/aromatic N) is 1. The molecule has 0 bridgehead atoms. The molecule has 0 atom stereocenters. The van der Waals surface area contributed by atoms with E-state index in [-0.39, 0.29) is 17.5 Å². The number of amides is 1. The maximum absolute atomic E-state index is 13.1. The molecule has 1 amide bonds. The lowest BCUT2D eigenvalue weighted by atomic mass is 10.3. The van der Waals surface area contributed by atoms with E-state index in [2.05, 4.69) is 15.8 Å². The minimum atomic E-state index is -0.381. The van der Waals surface area contributed by atoms with Crippen LogP contribution < -0.4 is 16.6 Å². The second-order valence-corrected chi connectivity index (χ2v) is 4.88. The molecule has 0 radical (unpaired) electrons. The van der Waals surface area contributed by atoms with E-state index in [0.717, 1.165) is 0 Å². The fourth-order valence-corrected chi connectivity index (χ4v) is 2.17. The molecular weight excluding hydrogens is 279 g/mol. The van der Waals surface area contributed by atoms with Crippen molar-refractivity contribution in [1.29, 1.82) is 0 Å². The van der Waals surface area contributed by atoms with E-state index in [4.69, 9.17) is 5.73 Å². The SMILES string of the molecule is Nc1ccc(F)cc1SCC(=O)NNc1ccccn1. The van der Waals surface area contributed by atoms with Crippen molar-refractivity contribution in [3.05, 3.63) is 48.4 Å². The average molecular weight is 292 g/mol. The van der Waals surface area contributed by atoms with Gasteiger partial charge in [-0.2, -0.15) is 0 Å². The second kappa shape index (κ2) is 6.76. The Kier molecular flexibility index (Phi) is 4.78. The number of thioether (sulfide) groups is 1. The molecule has 1 heterocycles. The van der Waals surface area contributed by atoms with Crippen LogP contribution in [-0.2, 0) is 4.79 Å². The first kappa shape index (κ1) is 14.1. The topological polar surface area (TPSA) is 80.0 Å². The smallest absolute Gasteiger partial charge is 0.248 e. The zero-order valence-corrected chi connectivity index (χ0v) is 11.3. The van der Waals surface area contributed by atoms with Crippen LogP contribution in [0, 0.1) is 5.82 Å². The summed E-state index contributed by atoms with van der Waals surface area (Å²) in [5, 5.41) is 0. The van der Waals surface area contributed by atoms with Crippen LogP contribution >= 0.6 is 11.8 Å². The molecule has 5 nitrogen and oxygen atoms in total. The van der Waals surface area contributed by atoms with Crippen LogP contribution in [0.2, 0.25) is 0 Å². The molecule has 0 fully saturated rings. The van der Waals surface area contributed by atoms with Gasteiger partial charge in [-0.1, -0.05) is 6.07 Å². The largest absolute Gasteiger partial charge is 0.398 e. The monoisotopic (exact) mass is 292 g/mol. The van der Waals surface area contributed by atoms with Gasteiger partial charge in [0.15, 0.2) is 0 Å². The zero-order valence-electron chi connectivity index (χ0n) is 10.5. The molecule has 0 aliphatic heterocycles. The van der Waals surface area contributed by atoms with Crippen molar-refractivity contribution >= 4 is 29.2 Å². The quantitative estimate of drug-likeness (QED) is 0.446. The highest BCUT2D eigenvalue weighted by atomic mass is 32.2. The van der Waals surface area contributed by atoms with Gasteiger partial charge in [0, 0.05) is 16.8 Å². The molecule has 0 saturated heterocycles. The maximum Gasteiger partial charge on any atom is 0.248 e. The summed E-state index contributed by atoms with van der Waals surface area (Å²) in [6, 6.07) is 9.35. The minimum Gasteiger partial charge on any atom is -0.398 e. The number of nitrogen functional groups attached to an aromatic ring is 1. The number of hydrogen-bond acceptors (Lipinski definition) is 5. The van der Waals surface area contributed by atoms with E-state index < -0.39 is 0 Å². The zero-order chi connectivity index (χ0) is 14.4. The number of carbonyl (C=O) groups excluding carboxylic acids is 1. The van der Waals surface area contributed by atoms with Gasteiger partial charge >= 0.3 is 0 Å². The second-order valence-electron chi connectivity index (χ2n) is 3.86. The summed E-state index contributed by atoms with van der Waals surface area (Å²) < 4.78 is 13.1. The molecule has 0 aliphatic carbocycles. The lowest BCUT2D eigenvalue weighted by Crippen LogP contribution is -2.31. The number of pyridine rings is 1. The van der Waals surface area contributed by atoms with Gasteiger partial charge in [-0.05, 0) is 30.3 Å². The Hall–Kier alpha value is -2.28. The Morgan fingerprint density at radius 1 is 1.35 bits per heavy atom. The third-order valence-electron chi connectivity index (χ3n) is 2.33. The van der Waals surface area contributed by atoms with Crippen LogP contribution in [0.25, 0.3) is 0 Å². The molecule has 1 aromatic carbocycles. The summed E-state index contributed by atoms with van der Waals surface area (Å²) in [4.78, 5) is 16.2. The van der Waals surface area contributed by atoms with Crippen molar-refractivity contribution in [2.45, 2.75) is 4.90 Å². The van der Waals surface area contributed by atoms with Gasteiger partial charge in [0.05, 0.1) is 5.75 Å². The number of hydrazine groups is 1. The lowest BCUT2D eigenvalue weighted by Gasteiger charge is -2.08. The number of carbonyl (C=O) groups is 1. The highest BCUT2D eigenvalue weighted by Gasteiger charge is 2.06. The Morgan fingerprint density at radius 3 is 2.95 bits per heavy atom. The predicted molar refractivity (Wildman–Crippen MR) is 77.5 cm³/mol. The van der Waals surface area contributed by atoms with E-state index in [1.165, 1.54) is 30.0 Å². The third-order valence-corrected chi connectivity index (χ3v) is 3.40. The van der Waals surface area contributed by atoms with Gasteiger partial charge in [0.25, 0.3) is 0 Å². The van der Waals surface area contributed by atoms with Gasteiger partial charge in [0.2, 0.25) is 5.91 Å². The minimum absolute atomic E-state index is 0.119. The van der Waals surface area contributed by atoms with Gasteiger partial charge in [-0.25, -0.2) is 9.37 Å². The Labute approximate surface area is 119 Å². The van der Waals surface area contributed by atoms with Crippen molar-refractivity contribution in [3.8, 4) is 0 Å². The van der Waals surface area contributed by atoms with Crippen molar-refractivity contribution < 1.29 is 9.18 Å². The summed E-state index contributed by atoms with van der Waals surface area (Å²) in [7, 11) is 0. The van der Waals surface area contributed by atoms with Crippen LogP contribution in [0.5, 0.6) is 0 Å². The Morgan fingerprint density at radius 2 is 2.20 bits per heavy atom. The molecule has 0 saturated carbocycles. The number of benzene rings is 1. The number of hydrogen-bond donors (Lipinski definition) is 3. The normalized spacial score (nSPS) is 10.1. The molecule has 0 spiro atoms. The van der Waals surface area contributed by atoms with Crippen molar-refractivity contribution in [3.63, 3.8) is 0 Å². The molecule has 4 N–H and O–H groups in total. The van der Waals surface area contributed by atoms with Gasteiger partial charge in [-0.15, -0.1) is 11.8 Å². The van der Waals surface area contributed by atoms with E-state index in [9.17, 15) is 9.18 Å². The third kappa shape index (κ3) is 4.13. The first-order valence-corrected chi connectivity index (χ1v) is 6.77. The maximum atomic E-state index is 13.1. The van der Waals surface area contributed by atoms with Gasteiger partial charge in [-0.3, -0.25) is 15.6 Å². The standard InChI is InChI=1S/C13H13FN4OS/c14-9-4-5-10(15)11(7-9)20-8-13(19)18-17-12-3-1-2-6-16-12/h1-7H,8,15H2,(H,16,17)(H,18,19). The number of nitrogens with one attached hydrogen (secondary N) is 2. The average Bonchev–Trinajstić information content (AvgIpc) is 2.47. The highest BCUT2D eigenvalue weighted by molar-refractivity contribution is 8.00. The van der Waals surface area contributed by atoms with Crippen LogP contribution in [0.3, 0.4) is 0 Å². The lowest BCUT2D eigenvalue weighted by molar-refractivity contribution is -0.118. The number of halogens is 1. The molecule has 104 valence electrons. The molecule has 0 unspecified atom stereocenters. The van der Waals surface area contributed by atoms with Crippen molar-refractivity contribution in [2.24, 2.45) is 0 Å². The molecule has 0 aliphatic rings. The van der Waals surface area contributed by atoms with Crippen LogP contribution in [-0.4, -0.2) is 16.6 Å². The fourth-order valence-electron chi connectivity index (χ4n) is 1.38. The van der Waals surface area contributed by atoms with Gasteiger partial charge in [0.1, 0.15) is 11.6 Å². The Balaban J connectivity index is 1.82. The summed E-state index contributed by atoms with van der Waals surface area (Å²) in [6.45, 7) is 0. The molecule has 20 heavy (non-hydrogen) atoms. The van der Waals surface area contributed by atoms with E-state index >= 15 is 0 Å². The molecule has 7 heteroatoms. The van der Waals surface area contributed by atoms with Crippen molar-refractivity contribution in [1.82, 2.24) is 10.4 Å². The fraction of sp³-hybridized carbons (Fsp3) is 0.0769. The number of anilines is 2. The highest BCUT2D eigenvalue weighted by Crippen LogP contribution is 2.25. The summed E-state index contributed by atoms with van der Waals surface area (Å²) in [5.41, 5.74) is 11.3. The Bertz CT molecular complexity index is 594. The molecule has 1 aromatic heterocycles. The van der Waals surface area contributed by atoms with E-state index in [0.29, 0.717) is 16.4 Å². The van der Waals surface area contributed by atoms with Crippen LogP contribution in [0.15, 0.2) is 47.5 Å². The molecule has 2 aromatic rings. The van der Waals surface area contributed by atoms with E-state index in [1.807, 2.05) is 0 Å². The van der Waals surface area contributed by atoms with Crippen molar-refractivity contribution in [2.75, 3.05) is 16.9 Å². The number of rotatable bonds is 5. The molecule has 2 rings (SSSR count). The van der Waals surface area contributed by atoms with Crippen LogP contribution in [0.4, 0.5) is 15.9 Å². The first-order chi connectivity index (χ1) is 9.65. The summed E-state index contributed by atoms with van der Waals surface area (Å²) in [6.07, 6.45) is 1.61. The summed E-state index contributed by atoms with van der Waals surface area (Å²) >= 11 is 1.17. The first-order valence-electron chi connectivity index (χ1n) is 5.79. The number of nitrogens with two attached hydrogens (primary N) is 1. The van der Waals surface area contributed by atoms with E-state index in [1.54, 1.807) is 24.4 Å².